The van der Waals surface area contributed by atoms with Gasteiger partial charge in [0.1, 0.15) is 0 Å². The fourth-order valence-electron chi connectivity index (χ4n) is 1.22. The highest BCUT2D eigenvalue weighted by Crippen LogP contribution is 2.20. The lowest BCUT2D eigenvalue weighted by atomic mass is 10.4. The Morgan fingerprint density at radius 3 is 3.27 bits per heavy atom. The first kappa shape index (κ1) is 9.98. The van der Waals surface area contributed by atoms with Crippen LogP contribution in [0, 0.1) is 0 Å². The zero-order valence-corrected chi connectivity index (χ0v) is 8.81. The first-order valence-corrected chi connectivity index (χ1v) is 4.92. The van der Waals surface area contributed by atoms with Gasteiger partial charge in [-0.15, -0.1) is 6.58 Å². The van der Waals surface area contributed by atoms with Crippen molar-refractivity contribution in [3.8, 4) is 5.75 Å². The summed E-state index contributed by atoms with van der Waals surface area (Å²) in [6.45, 7) is 4.18. The van der Waals surface area contributed by atoms with Crippen molar-refractivity contribution in [2.75, 3.05) is 6.61 Å². The summed E-state index contributed by atoms with van der Waals surface area (Å²) in [5.41, 5.74) is 0.670. The minimum atomic E-state index is 0.383. The Morgan fingerprint density at radius 1 is 1.60 bits per heavy atom. The van der Waals surface area contributed by atoms with E-state index in [1.54, 1.807) is 29.1 Å². The van der Waals surface area contributed by atoms with Gasteiger partial charge in [-0.25, -0.2) is 9.50 Å². The summed E-state index contributed by atoms with van der Waals surface area (Å²) in [6, 6.07) is 1.66. The third-order valence-electron chi connectivity index (χ3n) is 1.88. The van der Waals surface area contributed by atoms with Crippen LogP contribution in [0.4, 0.5) is 0 Å². The van der Waals surface area contributed by atoms with Gasteiger partial charge in [-0.3, -0.25) is 0 Å². The SMILES string of the molecule is C=CCCOc1cc(Cl)nn2ccnc12. The van der Waals surface area contributed by atoms with E-state index in [0.717, 1.165) is 6.42 Å². The molecule has 78 valence electrons. The first-order chi connectivity index (χ1) is 7.31. The summed E-state index contributed by atoms with van der Waals surface area (Å²) in [5.74, 6) is 0.641. The number of halogens is 1. The standard InChI is InChI=1S/C10H10ClN3O/c1-2-3-6-15-8-7-9(11)13-14-5-4-12-10(8)14/h2,4-5,7H,1,3,6H2. The lowest BCUT2D eigenvalue weighted by Gasteiger charge is -2.05. The molecule has 2 rings (SSSR count). The third kappa shape index (κ3) is 2.10. The molecule has 0 saturated heterocycles. The van der Waals surface area contributed by atoms with E-state index in [4.69, 9.17) is 16.3 Å². The van der Waals surface area contributed by atoms with Crippen LogP contribution < -0.4 is 4.74 Å². The predicted molar refractivity (Wildman–Crippen MR) is 58.3 cm³/mol. The van der Waals surface area contributed by atoms with Crippen molar-refractivity contribution >= 4 is 17.2 Å². The molecule has 0 amide bonds. The van der Waals surface area contributed by atoms with E-state index in [2.05, 4.69) is 16.7 Å². The molecular weight excluding hydrogens is 214 g/mol. The number of ether oxygens (including phenoxy) is 1. The summed E-state index contributed by atoms with van der Waals surface area (Å²) >= 11 is 5.83. The van der Waals surface area contributed by atoms with Gasteiger partial charge in [0, 0.05) is 18.5 Å². The molecule has 0 bridgehead atoms. The van der Waals surface area contributed by atoms with Crippen molar-refractivity contribution in [2.45, 2.75) is 6.42 Å². The van der Waals surface area contributed by atoms with E-state index in [0.29, 0.717) is 23.2 Å². The number of imidazole rings is 1. The van der Waals surface area contributed by atoms with Crippen LogP contribution in [-0.2, 0) is 0 Å². The third-order valence-corrected chi connectivity index (χ3v) is 2.06. The maximum absolute atomic E-state index is 5.83. The van der Waals surface area contributed by atoms with Crippen molar-refractivity contribution in [1.29, 1.82) is 0 Å². The summed E-state index contributed by atoms with van der Waals surface area (Å²) in [5, 5.41) is 4.43. The maximum Gasteiger partial charge on any atom is 0.196 e. The molecule has 0 radical (unpaired) electrons. The van der Waals surface area contributed by atoms with Gasteiger partial charge in [0.25, 0.3) is 0 Å². The summed E-state index contributed by atoms with van der Waals surface area (Å²) in [6.07, 6.45) is 5.96. The van der Waals surface area contributed by atoms with Gasteiger partial charge in [-0.2, -0.15) is 5.10 Å². The van der Waals surface area contributed by atoms with Crippen LogP contribution in [0.2, 0.25) is 5.15 Å². The molecule has 0 fully saturated rings. The van der Waals surface area contributed by atoms with Crippen LogP contribution in [0.15, 0.2) is 31.1 Å². The van der Waals surface area contributed by atoms with Gasteiger partial charge in [0.15, 0.2) is 16.5 Å². The molecule has 5 heteroatoms. The van der Waals surface area contributed by atoms with Crippen LogP contribution >= 0.6 is 11.6 Å². The topological polar surface area (TPSA) is 39.4 Å². The second-order valence-electron chi connectivity index (χ2n) is 2.95. The molecule has 0 saturated carbocycles. The smallest absolute Gasteiger partial charge is 0.196 e. The van der Waals surface area contributed by atoms with E-state index in [9.17, 15) is 0 Å². The molecule has 0 atom stereocenters. The van der Waals surface area contributed by atoms with E-state index >= 15 is 0 Å². The van der Waals surface area contributed by atoms with Crippen LogP contribution in [0.5, 0.6) is 5.75 Å². The van der Waals surface area contributed by atoms with E-state index in [-0.39, 0.29) is 0 Å². The molecular formula is C10H10ClN3O. The van der Waals surface area contributed by atoms with Crippen LogP contribution in [-0.4, -0.2) is 21.2 Å². The van der Waals surface area contributed by atoms with Gasteiger partial charge in [-0.05, 0) is 6.42 Å². The number of hydrogen-bond acceptors (Lipinski definition) is 3. The highest BCUT2D eigenvalue weighted by molar-refractivity contribution is 6.29. The molecule has 0 aromatic carbocycles. The maximum atomic E-state index is 5.83. The van der Waals surface area contributed by atoms with Gasteiger partial charge < -0.3 is 4.74 Å². The Balaban J connectivity index is 2.31. The van der Waals surface area contributed by atoms with Gasteiger partial charge >= 0.3 is 0 Å². The minimum Gasteiger partial charge on any atom is -0.489 e. The monoisotopic (exact) mass is 223 g/mol. The number of fused-ring (bicyclic) bond motifs is 1. The average molecular weight is 224 g/mol. The van der Waals surface area contributed by atoms with Gasteiger partial charge in [-0.1, -0.05) is 17.7 Å². The molecule has 0 aliphatic rings. The predicted octanol–water partition coefficient (Wildman–Crippen LogP) is 2.34. The molecule has 2 aromatic heterocycles. The van der Waals surface area contributed by atoms with Crippen LogP contribution in [0.3, 0.4) is 0 Å². The Hall–Kier alpha value is -1.55. The molecule has 15 heavy (non-hydrogen) atoms. The van der Waals surface area contributed by atoms with Crippen molar-refractivity contribution < 1.29 is 4.74 Å². The molecule has 0 N–H and O–H groups in total. The fourth-order valence-corrected chi connectivity index (χ4v) is 1.40. The zero-order valence-electron chi connectivity index (χ0n) is 8.06. The lowest BCUT2D eigenvalue weighted by molar-refractivity contribution is 0.326. The molecule has 2 heterocycles. The molecule has 4 nitrogen and oxygen atoms in total. The lowest BCUT2D eigenvalue weighted by Crippen LogP contribution is -2.00. The summed E-state index contributed by atoms with van der Waals surface area (Å²) < 4.78 is 7.11. The Bertz CT molecular complexity index is 480. The van der Waals surface area contributed by atoms with Crippen molar-refractivity contribution in [3.63, 3.8) is 0 Å². The van der Waals surface area contributed by atoms with Crippen LogP contribution in [0.25, 0.3) is 5.65 Å². The molecule has 2 aromatic rings. The number of nitrogens with zero attached hydrogens (tertiary/aromatic N) is 3. The minimum absolute atomic E-state index is 0.383. The van der Waals surface area contributed by atoms with Crippen molar-refractivity contribution in [1.82, 2.24) is 14.6 Å². The molecule has 0 aliphatic carbocycles. The summed E-state index contributed by atoms with van der Waals surface area (Å²) in [4.78, 5) is 4.13. The van der Waals surface area contributed by atoms with Crippen molar-refractivity contribution in [2.24, 2.45) is 0 Å². The number of aromatic nitrogens is 3. The largest absolute Gasteiger partial charge is 0.489 e. The molecule has 0 spiro atoms. The molecule has 0 unspecified atom stereocenters. The Morgan fingerprint density at radius 2 is 2.47 bits per heavy atom. The highest BCUT2D eigenvalue weighted by atomic mass is 35.5. The Labute approximate surface area is 92.1 Å². The highest BCUT2D eigenvalue weighted by Gasteiger charge is 2.06. The van der Waals surface area contributed by atoms with Crippen LogP contribution in [0.1, 0.15) is 6.42 Å². The zero-order chi connectivity index (χ0) is 10.7. The normalized spacial score (nSPS) is 10.5. The average Bonchev–Trinajstić information content (AvgIpc) is 2.65. The van der Waals surface area contributed by atoms with Gasteiger partial charge in [0.05, 0.1) is 6.61 Å². The molecule has 0 aliphatic heterocycles. The number of hydrogen-bond donors (Lipinski definition) is 0. The number of rotatable bonds is 4. The van der Waals surface area contributed by atoms with E-state index in [1.807, 2.05) is 0 Å². The van der Waals surface area contributed by atoms with Gasteiger partial charge in [0.2, 0.25) is 0 Å². The first-order valence-electron chi connectivity index (χ1n) is 4.55. The van der Waals surface area contributed by atoms with E-state index < -0.39 is 0 Å². The van der Waals surface area contributed by atoms with E-state index in [1.165, 1.54) is 0 Å². The fraction of sp³-hybridized carbons (Fsp3) is 0.200. The Kier molecular flexibility index (Phi) is 2.87. The second-order valence-corrected chi connectivity index (χ2v) is 3.34. The second kappa shape index (κ2) is 4.31. The quantitative estimate of drug-likeness (QED) is 0.590. The van der Waals surface area contributed by atoms with Crippen molar-refractivity contribution in [3.05, 3.63) is 36.3 Å². The summed E-state index contributed by atoms with van der Waals surface area (Å²) in [7, 11) is 0.